The van der Waals surface area contributed by atoms with Crippen LogP contribution in [0.4, 0.5) is 0 Å². The Hall–Kier alpha value is -1.06. The molecule has 2 aromatic rings. The fraction of sp³-hybridized carbons (Fsp3) is 0.471. The number of halogens is 1. The summed E-state index contributed by atoms with van der Waals surface area (Å²) in [6, 6.07) is 8.35. The molecule has 1 aromatic heterocycles. The maximum absolute atomic E-state index is 5.97. The van der Waals surface area contributed by atoms with Gasteiger partial charge in [0.15, 0.2) is 0 Å². The van der Waals surface area contributed by atoms with Gasteiger partial charge in [-0.05, 0) is 30.4 Å². The number of nitrogens with zero attached hydrogens (tertiary/aromatic N) is 1. The maximum Gasteiger partial charge on any atom is 0.122 e. The lowest BCUT2D eigenvalue weighted by Gasteiger charge is -2.15. The van der Waals surface area contributed by atoms with E-state index in [0.717, 1.165) is 42.3 Å². The number of ether oxygens (including phenoxy) is 1. The molecular formula is C17H22ClNOS. The molecule has 1 aromatic carbocycles. The van der Waals surface area contributed by atoms with E-state index in [0.29, 0.717) is 11.8 Å². The first kappa shape index (κ1) is 16.3. The molecule has 2 nitrogen and oxygen atoms in total. The van der Waals surface area contributed by atoms with Crippen molar-refractivity contribution in [3.63, 3.8) is 0 Å². The van der Waals surface area contributed by atoms with Crippen molar-refractivity contribution in [1.82, 2.24) is 4.98 Å². The van der Waals surface area contributed by atoms with Crippen molar-refractivity contribution in [3.05, 3.63) is 45.9 Å². The molecule has 2 rings (SSSR count). The van der Waals surface area contributed by atoms with Gasteiger partial charge in [0.2, 0.25) is 0 Å². The standard InChI is InChI=1S/C17H22ClNOS/c1-3-13(2)15-7-4-5-8-16(15)20-10-6-9-17-19-14(11-18)12-21-17/h4-5,7-8,12-13H,3,6,9-11H2,1-2H3. The van der Waals surface area contributed by atoms with Crippen LogP contribution in [0.3, 0.4) is 0 Å². The minimum Gasteiger partial charge on any atom is -0.493 e. The van der Waals surface area contributed by atoms with Gasteiger partial charge in [-0.3, -0.25) is 0 Å². The van der Waals surface area contributed by atoms with Crippen molar-refractivity contribution in [3.8, 4) is 5.75 Å². The van der Waals surface area contributed by atoms with E-state index in [1.165, 1.54) is 5.56 Å². The molecule has 1 unspecified atom stereocenters. The predicted molar refractivity (Wildman–Crippen MR) is 90.6 cm³/mol. The van der Waals surface area contributed by atoms with Crippen molar-refractivity contribution in [2.45, 2.75) is 44.9 Å². The summed E-state index contributed by atoms with van der Waals surface area (Å²) in [6.45, 7) is 5.17. The number of alkyl halides is 1. The topological polar surface area (TPSA) is 22.1 Å². The summed E-state index contributed by atoms with van der Waals surface area (Å²) in [4.78, 5) is 4.46. The number of hydrogen-bond acceptors (Lipinski definition) is 3. The van der Waals surface area contributed by atoms with Crippen molar-refractivity contribution in [1.29, 1.82) is 0 Å². The second kappa shape index (κ2) is 8.40. The highest BCUT2D eigenvalue weighted by Gasteiger charge is 2.09. The Bertz CT molecular complexity index is 555. The van der Waals surface area contributed by atoms with Crippen LogP contribution >= 0.6 is 22.9 Å². The molecule has 0 aliphatic carbocycles. The summed E-state index contributed by atoms with van der Waals surface area (Å²) in [5.74, 6) is 2.05. The molecule has 1 heterocycles. The van der Waals surface area contributed by atoms with Gasteiger partial charge < -0.3 is 4.74 Å². The first-order valence-electron chi connectivity index (χ1n) is 7.45. The molecule has 0 fully saturated rings. The van der Waals surface area contributed by atoms with Crippen LogP contribution in [-0.4, -0.2) is 11.6 Å². The van der Waals surface area contributed by atoms with Crippen LogP contribution in [0.1, 0.15) is 48.9 Å². The van der Waals surface area contributed by atoms with Crippen LogP contribution < -0.4 is 4.74 Å². The lowest BCUT2D eigenvalue weighted by molar-refractivity contribution is 0.306. The third-order valence-corrected chi connectivity index (χ3v) is 4.82. The summed E-state index contributed by atoms with van der Waals surface area (Å²) in [6.07, 6.45) is 3.05. The van der Waals surface area contributed by atoms with Crippen molar-refractivity contribution in [2.75, 3.05) is 6.61 Å². The zero-order chi connectivity index (χ0) is 15.1. The van der Waals surface area contributed by atoms with Gasteiger partial charge in [-0.15, -0.1) is 22.9 Å². The summed E-state index contributed by atoms with van der Waals surface area (Å²) < 4.78 is 5.97. The fourth-order valence-corrected chi connectivity index (χ4v) is 3.24. The molecular weight excluding hydrogens is 302 g/mol. The SMILES string of the molecule is CCC(C)c1ccccc1OCCCc1nc(CCl)cs1. The number of rotatable bonds is 8. The van der Waals surface area contributed by atoms with Crippen LogP contribution in [0.15, 0.2) is 29.6 Å². The lowest BCUT2D eigenvalue weighted by Crippen LogP contribution is -2.03. The molecule has 0 N–H and O–H groups in total. The highest BCUT2D eigenvalue weighted by Crippen LogP contribution is 2.28. The number of aromatic nitrogens is 1. The third-order valence-electron chi connectivity index (χ3n) is 3.59. The van der Waals surface area contributed by atoms with Gasteiger partial charge >= 0.3 is 0 Å². The average Bonchev–Trinajstić information content (AvgIpc) is 2.99. The van der Waals surface area contributed by atoms with Crippen LogP contribution in [0, 0.1) is 0 Å². The van der Waals surface area contributed by atoms with E-state index in [4.69, 9.17) is 16.3 Å². The molecule has 0 radical (unpaired) electrons. The normalized spacial score (nSPS) is 12.3. The van der Waals surface area contributed by atoms with Gasteiger partial charge in [0, 0.05) is 11.8 Å². The Morgan fingerprint density at radius 3 is 2.86 bits per heavy atom. The average molecular weight is 324 g/mol. The Kier molecular flexibility index (Phi) is 6.52. The summed E-state index contributed by atoms with van der Waals surface area (Å²) in [7, 11) is 0. The molecule has 0 saturated carbocycles. The fourth-order valence-electron chi connectivity index (χ4n) is 2.17. The third kappa shape index (κ3) is 4.72. The van der Waals surface area contributed by atoms with Crippen LogP contribution in [0.25, 0.3) is 0 Å². The zero-order valence-electron chi connectivity index (χ0n) is 12.6. The zero-order valence-corrected chi connectivity index (χ0v) is 14.2. The minimum absolute atomic E-state index is 0.495. The molecule has 0 aliphatic heterocycles. The minimum atomic E-state index is 0.495. The quantitative estimate of drug-likeness (QED) is 0.479. The molecule has 21 heavy (non-hydrogen) atoms. The van der Waals surface area contributed by atoms with Crippen molar-refractivity contribution < 1.29 is 4.74 Å². The first-order valence-corrected chi connectivity index (χ1v) is 8.87. The number of thiazole rings is 1. The van der Waals surface area contributed by atoms with Crippen LogP contribution in [-0.2, 0) is 12.3 Å². The maximum atomic E-state index is 5.97. The molecule has 4 heteroatoms. The van der Waals surface area contributed by atoms with Crippen LogP contribution in [0.5, 0.6) is 5.75 Å². The van der Waals surface area contributed by atoms with Gasteiger partial charge in [-0.2, -0.15) is 0 Å². The van der Waals surface area contributed by atoms with Gasteiger partial charge in [0.25, 0.3) is 0 Å². The molecule has 0 spiro atoms. The Balaban J connectivity index is 1.83. The Labute approximate surface area is 136 Å². The number of benzene rings is 1. The smallest absolute Gasteiger partial charge is 0.122 e. The van der Waals surface area contributed by atoms with E-state index in [1.807, 2.05) is 11.4 Å². The van der Waals surface area contributed by atoms with Gasteiger partial charge in [-0.25, -0.2) is 4.98 Å². The van der Waals surface area contributed by atoms with E-state index < -0.39 is 0 Å². The van der Waals surface area contributed by atoms with E-state index >= 15 is 0 Å². The van der Waals surface area contributed by atoms with Gasteiger partial charge in [-0.1, -0.05) is 32.0 Å². The van der Waals surface area contributed by atoms with E-state index in [1.54, 1.807) is 11.3 Å². The second-order valence-electron chi connectivity index (χ2n) is 5.17. The van der Waals surface area contributed by atoms with Gasteiger partial charge in [0.1, 0.15) is 5.75 Å². The monoisotopic (exact) mass is 323 g/mol. The molecule has 1 atom stereocenters. The largest absolute Gasteiger partial charge is 0.493 e. The first-order chi connectivity index (χ1) is 10.2. The Morgan fingerprint density at radius 2 is 2.14 bits per heavy atom. The van der Waals surface area contributed by atoms with E-state index in [-0.39, 0.29) is 0 Å². The molecule has 0 bridgehead atoms. The highest BCUT2D eigenvalue weighted by atomic mass is 35.5. The highest BCUT2D eigenvalue weighted by molar-refractivity contribution is 7.09. The Morgan fingerprint density at radius 1 is 1.33 bits per heavy atom. The van der Waals surface area contributed by atoms with E-state index in [2.05, 4.69) is 37.0 Å². The number of hydrogen-bond donors (Lipinski definition) is 0. The van der Waals surface area contributed by atoms with Crippen molar-refractivity contribution in [2.24, 2.45) is 0 Å². The lowest BCUT2D eigenvalue weighted by atomic mass is 9.98. The van der Waals surface area contributed by atoms with Crippen LogP contribution in [0.2, 0.25) is 0 Å². The molecule has 0 aliphatic rings. The summed E-state index contributed by atoms with van der Waals surface area (Å²) in [5.41, 5.74) is 2.28. The van der Waals surface area contributed by atoms with Gasteiger partial charge in [0.05, 0.1) is 23.2 Å². The predicted octanol–water partition coefficient (Wildman–Crippen LogP) is 5.41. The van der Waals surface area contributed by atoms with E-state index in [9.17, 15) is 0 Å². The molecule has 0 amide bonds. The van der Waals surface area contributed by atoms with Crippen molar-refractivity contribution >= 4 is 22.9 Å². The molecule has 114 valence electrons. The summed E-state index contributed by atoms with van der Waals surface area (Å²) in [5, 5.41) is 3.17. The number of aryl methyl sites for hydroxylation is 1. The molecule has 0 saturated heterocycles. The second-order valence-corrected chi connectivity index (χ2v) is 6.38. The number of para-hydroxylation sites is 1. The summed E-state index contributed by atoms with van der Waals surface area (Å²) >= 11 is 7.44.